The van der Waals surface area contributed by atoms with E-state index in [2.05, 4.69) is 25.9 Å². The van der Waals surface area contributed by atoms with E-state index in [0.717, 1.165) is 37.0 Å². The molecule has 1 heterocycles. The van der Waals surface area contributed by atoms with E-state index in [-0.39, 0.29) is 51.4 Å². The molecule has 11 heteroatoms. The quantitative estimate of drug-likeness (QED) is 0.159. The number of rotatable bonds is 11. The van der Waals surface area contributed by atoms with Crippen molar-refractivity contribution >= 4 is 47.0 Å². The summed E-state index contributed by atoms with van der Waals surface area (Å²) in [6.45, 7) is 0.247. The molecule has 0 saturated heterocycles. The first-order chi connectivity index (χ1) is 23.2. The number of nitrogens with zero attached hydrogens (tertiary/aromatic N) is 1. The van der Waals surface area contributed by atoms with Gasteiger partial charge in [0.05, 0.1) is 34.4 Å². The zero-order chi connectivity index (χ0) is 33.4. The largest absolute Gasteiger partial charge is 0.351 e. The molecule has 0 radical (unpaired) electrons. The van der Waals surface area contributed by atoms with Gasteiger partial charge in [-0.3, -0.25) is 24.0 Å². The van der Waals surface area contributed by atoms with Crippen molar-refractivity contribution in [2.75, 3.05) is 18.4 Å². The average Bonchev–Trinajstić information content (AvgIpc) is 3.54. The van der Waals surface area contributed by atoms with E-state index in [4.69, 9.17) is 0 Å². The summed E-state index contributed by atoms with van der Waals surface area (Å²) in [6, 6.07) is 13.0. The second-order valence-corrected chi connectivity index (χ2v) is 13.8. The van der Waals surface area contributed by atoms with Crippen molar-refractivity contribution in [2.45, 2.75) is 44.4 Å². The molecule has 0 spiro atoms. The van der Waals surface area contributed by atoms with Crippen LogP contribution in [0.25, 0.3) is 11.0 Å². The number of carbonyl (C=O) groups is 5. The number of aromatic amines is 1. The highest BCUT2D eigenvalue weighted by Crippen LogP contribution is 2.59. The molecule has 4 aliphatic carbocycles. The van der Waals surface area contributed by atoms with E-state index < -0.39 is 23.5 Å². The fourth-order valence-corrected chi connectivity index (χ4v) is 8.73. The maximum absolute atomic E-state index is 15.0. The SMILES string of the molecule is O=Cc1cc(C=O)cc(NC(=O)C(CNC(=O)c2cc3nc[nH]c3cc2C(=O)NCC23CC4CC(CC(C4)C2)C3)c2ccccc2F)c1. The number of nitrogens with one attached hydrogen (secondary N) is 4. The topological polar surface area (TPSA) is 150 Å². The molecule has 4 N–H and O–H groups in total. The molecule has 48 heavy (non-hydrogen) atoms. The minimum absolute atomic E-state index is 0.0359. The Labute approximate surface area is 276 Å². The van der Waals surface area contributed by atoms with Gasteiger partial charge in [-0.1, -0.05) is 18.2 Å². The lowest BCUT2D eigenvalue weighted by molar-refractivity contribution is -0.117. The third kappa shape index (κ3) is 6.24. The zero-order valence-electron chi connectivity index (χ0n) is 26.3. The van der Waals surface area contributed by atoms with E-state index >= 15 is 4.39 Å². The summed E-state index contributed by atoms with van der Waals surface area (Å²) >= 11 is 0. The molecule has 1 unspecified atom stereocenters. The number of hydrogen-bond donors (Lipinski definition) is 4. The first-order valence-electron chi connectivity index (χ1n) is 16.4. The lowest BCUT2D eigenvalue weighted by Gasteiger charge is -2.56. The number of fused-ring (bicyclic) bond motifs is 1. The van der Waals surface area contributed by atoms with Crippen LogP contribution in [0, 0.1) is 29.0 Å². The van der Waals surface area contributed by atoms with Crippen molar-refractivity contribution in [3.63, 3.8) is 0 Å². The van der Waals surface area contributed by atoms with E-state index in [1.165, 1.54) is 68.1 Å². The van der Waals surface area contributed by atoms with Crippen LogP contribution in [0.5, 0.6) is 0 Å². The summed E-state index contributed by atoms with van der Waals surface area (Å²) in [7, 11) is 0. The first-order valence-corrected chi connectivity index (χ1v) is 16.4. The maximum Gasteiger partial charge on any atom is 0.252 e. The minimum atomic E-state index is -1.20. The molecule has 8 rings (SSSR count). The fraction of sp³-hybridized carbons (Fsp3) is 0.351. The molecule has 4 aliphatic rings. The molecule has 1 aromatic heterocycles. The van der Waals surface area contributed by atoms with Crippen LogP contribution in [0.15, 0.2) is 60.9 Å². The van der Waals surface area contributed by atoms with E-state index in [9.17, 15) is 24.0 Å². The first kappa shape index (κ1) is 31.4. The summed E-state index contributed by atoms with van der Waals surface area (Å²) in [5.74, 6) is -1.31. The van der Waals surface area contributed by atoms with Gasteiger partial charge >= 0.3 is 0 Å². The Morgan fingerprint density at radius 3 is 2.15 bits per heavy atom. The van der Waals surface area contributed by atoms with Crippen molar-refractivity contribution in [2.24, 2.45) is 23.2 Å². The number of imidazole rings is 1. The molecular weight excluding hydrogens is 613 g/mol. The Hall–Kier alpha value is -5.19. The van der Waals surface area contributed by atoms with E-state index in [1.54, 1.807) is 12.1 Å². The lowest BCUT2D eigenvalue weighted by atomic mass is 9.49. The van der Waals surface area contributed by atoms with Gasteiger partial charge in [-0.05, 0) is 98.1 Å². The highest BCUT2D eigenvalue weighted by atomic mass is 19.1. The van der Waals surface area contributed by atoms with Crippen LogP contribution in [0.4, 0.5) is 10.1 Å². The summed E-state index contributed by atoms with van der Waals surface area (Å²) in [5.41, 5.74) is 2.00. The highest BCUT2D eigenvalue weighted by Gasteiger charge is 2.50. The van der Waals surface area contributed by atoms with Gasteiger partial charge < -0.3 is 20.9 Å². The molecule has 246 valence electrons. The van der Waals surface area contributed by atoms with Crippen LogP contribution in [0.3, 0.4) is 0 Å². The highest BCUT2D eigenvalue weighted by molar-refractivity contribution is 6.10. The van der Waals surface area contributed by atoms with Crippen LogP contribution >= 0.6 is 0 Å². The Balaban J connectivity index is 1.12. The molecular formula is C37H36FN5O5. The second kappa shape index (κ2) is 12.8. The number of halogens is 1. The number of benzene rings is 3. The number of amides is 3. The molecule has 4 aromatic rings. The number of aromatic nitrogens is 2. The number of carbonyl (C=O) groups excluding carboxylic acids is 5. The molecule has 1 atom stereocenters. The van der Waals surface area contributed by atoms with Crippen molar-refractivity contribution in [3.8, 4) is 0 Å². The van der Waals surface area contributed by atoms with Crippen LogP contribution in [-0.2, 0) is 4.79 Å². The third-order valence-corrected chi connectivity index (χ3v) is 10.4. The summed E-state index contributed by atoms with van der Waals surface area (Å²) in [6.07, 6.45) is 9.84. The van der Waals surface area contributed by atoms with Crippen molar-refractivity contribution in [1.82, 2.24) is 20.6 Å². The Kier molecular flexibility index (Phi) is 8.36. The van der Waals surface area contributed by atoms with Gasteiger partial charge in [-0.15, -0.1) is 0 Å². The van der Waals surface area contributed by atoms with E-state index in [1.807, 2.05) is 0 Å². The van der Waals surface area contributed by atoms with Gasteiger partial charge in [-0.2, -0.15) is 0 Å². The van der Waals surface area contributed by atoms with Gasteiger partial charge in [0.15, 0.2) is 0 Å². The monoisotopic (exact) mass is 649 g/mol. The summed E-state index contributed by atoms with van der Waals surface area (Å²) in [4.78, 5) is 71.2. The van der Waals surface area contributed by atoms with Gasteiger partial charge in [0.2, 0.25) is 5.91 Å². The van der Waals surface area contributed by atoms with Crippen LogP contribution in [0.2, 0.25) is 0 Å². The third-order valence-electron chi connectivity index (χ3n) is 10.4. The second-order valence-electron chi connectivity index (χ2n) is 13.8. The van der Waals surface area contributed by atoms with Gasteiger partial charge in [0.25, 0.3) is 11.8 Å². The van der Waals surface area contributed by atoms with Gasteiger partial charge in [0, 0.05) is 35.5 Å². The maximum atomic E-state index is 15.0. The van der Waals surface area contributed by atoms with Crippen molar-refractivity contribution in [1.29, 1.82) is 0 Å². The molecule has 4 saturated carbocycles. The summed E-state index contributed by atoms with van der Waals surface area (Å²) in [5, 5.41) is 8.55. The Morgan fingerprint density at radius 2 is 1.50 bits per heavy atom. The van der Waals surface area contributed by atoms with Crippen molar-refractivity contribution in [3.05, 3.63) is 94.6 Å². The van der Waals surface area contributed by atoms with Crippen molar-refractivity contribution < 1.29 is 28.4 Å². The number of hydrogen-bond acceptors (Lipinski definition) is 6. The van der Waals surface area contributed by atoms with E-state index in [0.29, 0.717) is 30.2 Å². The van der Waals surface area contributed by atoms with Gasteiger partial charge in [-0.25, -0.2) is 9.37 Å². The number of H-pyrrole nitrogens is 1. The normalized spacial score (nSPS) is 23.0. The average molecular weight is 650 g/mol. The standard InChI is InChI=1S/C37H36FN5O5/c38-31-4-2-1-3-27(31)30(36(48)43-26-9-24(17-44)8-25(10-26)18-45)16-39-34(46)28-11-32-33(42-20-41-32)12-29(28)35(47)40-19-37-13-21-5-22(14-37)7-23(6-21)15-37/h1-4,8-12,17-18,20-23,30H,5-7,13-16,19H2,(H,39,46)(H,40,47)(H,41,42)(H,43,48). The van der Waals surface area contributed by atoms with Crippen LogP contribution in [0.1, 0.15) is 91.4 Å². The Morgan fingerprint density at radius 1 is 0.875 bits per heavy atom. The number of anilines is 1. The zero-order valence-corrected chi connectivity index (χ0v) is 26.3. The van der Waals surface area contributed by atoms with Crippen LogP contribution in [-0.4, -0.2) is 53.4 Å². The molecule has 4 fully saturated rings. The predicted molar refractivity (Wildman–Crippen MR) is 176 cm³/mol. The minimum Gasteiger partial charge on any atom is -0.351 e. The fourth-order valence-electron chi connectivity index (χ4n) is 8.73. The number of aldehydes is 2. The molecule has 0 aliphatic heterocycles. The smallest absolute Gasteiger partial charge is 0.252 e. The van der Waals surface area contributed by atoms with Crippen LogP contribution < -0.4 is 16.0 Å². The summed E-state index contributed by atoms with van der Waals surface area (Å²) < 4.78 is 15.0. The van der Waals surface area contributed by atoms with Gasteiger partial charge in [0.1, 0.15) is 18.4 Å². The molecule has 10 nitrogen and oxygen atoms in total. The molecule has 4 bridgehead atoms. The molecule has 3 amide bonds. The molecule has 3 aromatic carbocycles. The Bertz CT molecular complexity index is 1870. The lowest BCUT2D eigenvalue weighted by Crippen LogP contribution is -2.51. The predicted octanol–water partition coefficient (Wildman–Crippen LogP) is 5.43.